The van der Waals surface area contributed by atoms with Gasteiger partial charge in [-0.05, 0) is 12.8 Å². The van der Waals surface area contributed by atoms with Gasteiger partial charge in [0.15, 0.2) is 5.82 Å². The van der Waals surface area contributed by atoms with E-state index in [0.717, 1.165) is 0 Å². The van der Waals surface area contributed by atoms with Gasteiger partial charge in [-0.1, -0.05) is 19.0 Å². The van der Waals surface area contributed by atoms with E-state index in [-0.39, 0.29) is 30.7 Å². The van der Waals surface area contributed by atoms with Crippen molar-refractivity contribution in [1.82, 2.24) is 10.1 Å². The van der Waals surface area contributed by atoms with Crippen molar-refractivity contribution in [1.29, 1.82) is 0 Å². The lowest BCUT2D eigenvalue weighted by Gasteiger charge is -2.14. The minimum Gasteiger partial charge on any atom is -0.465 e. The van der Waals surface area contributed by atoms with Gasteiger partial charge in [0.05, 0.1) is 13.0 Å². The van der Waals surface area contributed by atoms with Gasteiger partial charge in [0, 0.05) is 6.42 Å². The summed E-state index contributed by atoms with van der Waals surface area (Å²) in [6.07, 6.45) is -5.68. The molecule has 1 rings (SSSR count). The quantitative estimate of drug-likeness (QED) is 0.755. The Morgan fingerprint density at radius 1 is 1.40 bits per heavy atom. The molecule has 0 spiro atoms. The lowest BCUT2D eigenvalue weighted by molar-refractivity contribution is -0.146. The minimum absolute atomic E-state index is 0.00405. The molecule has 1 atom stereocenters. The zero-order chi connectivity index (χ0) is 15.3. The van der Waals surface area contributed by atoms with Gasteiger partial charge in [0.1, 0.15) is 5.92 Å². The normalized spacial score (nSPS) is 13.6. The summed E-state index contributed by atoms with van der Waals surface area (Å²) in [5.41, 5.74) is 0. The van der Waals surface area contributed by atoms with E-state index in [2.05, 4.69) is 10.1 Å². The molecular formula is C12H17F3N2O3. The average Bonchev–Trinajstić information content (AvgIpc) is 2.74. The van der Waals surface area contributed by atoms with Gasteiger partial charge >= 0.3 is 12.1 Å². The standard InChI is InChI=1S/C12H17F3N2O3/c1-4-19-11(18)9(7(2)3)10-16-8(17-20-10)5-6-12(13,14)15/h7,9H,4-6H2,1-3H3. The SMILES string of the molecule is CCOC(=O)C(c1nc(CCC(F)(F)F)no1)C(C)C. The number of hydrogen-bond donors (Lipinski definition) is 0. The first-order valence-electron chi connectivity index (χ1n) is 6.30. The molecule has 0 amide bonds. The molecule has 8 heteroatoms. The van der Waals surface area contributed by atoms with Crippen molar-refractivity contribution in [3.63, 3.8) is 0 Å². The van der Waals surface area contributed by atoms with Crippen LogP contribution in [-0.4, -0.2) is 28.9 Å². The zero-order valence-corrected chi connectivity index (χ0v) is 11.5. The molecule has 0 aliphatic rings. The molecule has 0 aromatic carbocycles. The number of alkyl halides is 3. The van der Waals surface area contributed by atoms with Gasteiger partial charge in [0.25, 0.3) is 0 Å². The Kier molecular flexibility index (Phi) is 5.52. The number of aromatic nitrogens is 2. The van der Waals surface area contributed by atoms with Crippen LogP contribution in [0.2, 0.25) is 0 Å². The Bertz CT molecular complexity index is 443. The van der Waals surface area contributed by atoms with E-state index < -0.39 is 24.5 Å². The number of ether oxygens (including phenoxy) is 1. The highest BCUT2D eigenvalue weighted by atomic mass is 19.4. The van der Waals surface area contributed by atoms with Crippen LogP contribution in [0.25, 0.3) is 0 Å². The maximum Gasteiger partial charge on any atom is 0.389 e. The molecule has 1 aromatic rings. The van der Waals surface area contributed by atoms with Crippen molar-refractivity contribution < 1.29 is 27.2 Å². The predicted octanol–water partition coefficient (Wildman–Crippen LogP) is 2.87. The van der Waals surface area contributed by atoms with E-state index >= 15 is 0 Å². The predicted molar refractivity (Wildman–Crippen MR) is 62.9 cm³/mol. The third kappa shape index (κ3) is 4.82. The van der Waals surface area contributed by atoms with Crippen molar-refractivity contribution >= 4 is 5.97 Å². The van der Waals surface area contributed by atoms with E-state index in [0.29, 0.717) is 0 Å². The van der Waals surface area contributed by atoms with Gasteiger partial charge in [-0.25, -0.2) is 0 Å². The zero-order valence-electron chi connectivity index (χ0n) is 11.5. The van der Waals surface area contributed by atoms with Crippen molar-refractivity contribution in [2.75, 3.05) is 6.61 Å². The summed E-state index contributed by atoms with van der Waals surface area (Å²) in [5.74, 6) is -1.51. The number of hydrogen-bond acceptors (Lipinski definition) is 5. The van der Waals surface area contributed by atoms with Crippen molar-refractivity contribution in [3.8, 4) is 0 Å². The van der Waals surface area contributed by atoms with Crippen LogP contribution in [0.15, 0.2) is 4.52 Å². The first-order valence-corrected chi connectivity index (χ1v) is 6.30. The molecule has 1 aromatic heterocycles. The number of rotatable bonds is 6. The number of aryl methyl sites for hydroxylation is 1. The van der Waals surface area contributed by atoms with Crippen LogP contribution in [0.4, 0.5) is 13.2 Å². The monoisotopic (exact) mass is 294 g/mol. The molecular weight excluding hydrogens is 277 g/mol. The molecule has 5 nitrogen and oxygen atoms in total. The first kappa shape index (κ1) is 16.5. The van der Waals surface area contributed by atoms with Crippen LogP contribution in [0.1, 0.15) is 44.8 Å². The molecule has 20 heavy (non-hydrogen) atoms. The first-order chi connectivity index (χ1) is 9.24. The van der Waals surface area contributed by atoms with Crippen LogP contribution < -0.4 is 0 Å². The fraction of sp³-hybridized carbons (Fsp3) is 0.750. The molecule has 0 bridgehead atoms. The maximum absolute atomic E-state index is 12.1. The molecule has 1 heterocycles. The molecule has 0 N–H and O–H groups in total. The van der Waals surface area contributed by atoms with Gasteiger partial charge < -0.3 is 9.26 Å². The fourth-order valence-electron chi connectivity index (χ4n) is 1.64. The summed E-state index contributed by atoms with van der Waals surface area (Å²) in [7, 11) is 0. The fourth-order valence-corrected chi connectivity index (χ4v) is 1.64. The average molecular weight is 294 g/mol. The maximum atomic E-state index is 12.1. The highest BCUT2D eigenvalue weighted by Gasteiger charge is 2.32. The molecule has 114 valence electrons. The topological polar surface area (TPSA) is 65.2 Å². The second kappa shape index (κ2) is 6.71. The number of esters is 1. The molecule has 1 unspecified atom stereocenters. The second-order valence-electron chi connectivity index (χ2n) is 4.64. The highest BCUT2D eigenvalue weighted by molar-refractivity contribution is 5.77. The number of carbonyl (C=O) groups excluding carboxylic acids is 1. The Balaban J connectivity index is 2.79. The van der Waals surface area contributed by atoms with Crippen LogP contribution in [0.5, 0.6) is 0 Å². The summed E-state index contributed by atoms with van der Waals surface area (Å²) < 4.78 is 46.1. The lowest BCUT2D eigenvalue weighted by atomic mass is 9.96. The molecule has 0 fully saturated rings. The van der Waals surface area contributed by atoms with Crippen molar-refractivity contribution in [2.45, 2.75) is 45.7 Å². The molecule has 0 aliphatic carbocycles. The Labute approximate surface area is 114 Å². The van der Waals surface area contributed by atoms with Crippen molar-refractivity contribution in [2.24, 2.45) is 5.92 Å². The molecule has 0 saturated heterocycles. The minimum atomic E-state index is -4.28. The smallest absolute Gasteiger partial charge is 0.389 e. The van der Waals surface area contributed by atoms with E-state index in [1.165, 1.54) is 0 Å². The summed E-state index contributed by atoms with van der Waals surface area (Å²) in [4.78, 5) is 15.6. The molecule has 0 radical (unpaired) electrons. The second-order valence-corrected chi connectivity index (χ2v) is 4.64. The Morgan fingerprint density at radius 3 is 2.55 bits per heavy atom. The van der Waals surface area contributed by atoms with Crippen LogP contribution in [-0.2, 0) is 16.0 Å². The van der Waals surface area contributed by atoms with E-state index in [1.807, 2.05) is 0 Å². The van der Waals surface area contributed by atoms with E-state index in [9.17, 15) is 18.0 Å². The third-order valence-electron chi connectivity index (χ3n) is 2.59. The van der Waals surface area contributed by atoms with Crippen LogP contribution >= 0.6 is 0 Å². The summed E-state index contributed by atoms with van der Waals surface area (Å²) in [6, 6.07) is 0. The Morgan fingerprint density at radius 2 is 2.05 bits per heavy atom. The Hall–Kier alpha value is -1.60. The van der Waals surface area contributed by atoms with E-state index in [4.69, 9.17) is 9.26 Å². The lowest BCUT2D eigenvalue weighted by Crippen LogP contribution is -2.21. The van der Waals surface area contributed by atoms with Gasteiger partial charge in [-0.2, -0.15) is 18.2 Å². The van der Waals surface area contributed by atoms with Crippen molar-refractivity contribution in [3.05, 3.63) is 11.7 Å². The van der Waals surface area contributed by atoms with Gasteiger partial charge in [0.2, 0.25) is 5.89 Å². The number of halogens is 3. The van der Waals surface area contributed by atoms with E-state index in [1.54, 1.807) is 20.8 Å². The van der Waals surface area contributed by atoms with Gasteiger partial charge in [-0.15, -0.1) is 0 Å². The molecule has 0 saturated carbocycles. The van der Waals surface area contributed by atoms with Crippen LogP contribution in [0, 0.1) is 5.92 Å². The molecule has 0 aliphatic heterocycles. The summed E-state index contributed by atoms with van der Waals surface area (Å²) in [6.45, 7) is 5.40. The number of carbonyl (C=O) groups is 1. The number of nitrogens with zero attached hydrogens (tertiary/aromatic N) is 2. The third-order valence-corrected chi connectivity index (χ3v) is 2.59. The largest absolute Gasteiger partial charge is 0.465 e. The van der Waals surface area contributed by atoms with Gasteiger partial charge in [-0.3, -0.25) is 4.79 Å². The highest BCUT2D eigenvalue weighted by Crippen LogP contribution is 2.26. The summed E-state index contributed by atoms with van der Waals surface area (Å²) in [5, 5.41) is 3.47. The summed E-state index contributed by atoms with van der Waals surface area (Å²) >= 11 is 0. The van der Waals surface area contributed by atoms with Crippen LogP contribution in [0.3, 0.4) is 0 Å².